The molecule has 3 aromatic heterocycles. The van der Waals surface area contributed by atoms with Crippen LogP contribution in [0.2, 0.25) is 0 Å². The van der Waals surface area contributed by atoms with Gasteiger partial charge in [0.15, 0.2) is 0 Å². The second-order valence-electron chi connectivity index (χ2n) is 11.9. The van der Waals surface area contributed by atoms with Crippen molar-refractivity contribution in [2.75, 3.05) is 0 Å². The zero-order valence-corrected chi connectivity index (χ0v) is 26.7. The summed E-state index contributed by atoms with van der Waals surface area (Å²) < 4.78 is 7.25. The summed E-state index contributed by atoms with van der Waals surface area (Å²) in [7, 11) is 0. The Hall–Kier alpha value is -5.73. The van der Waals surface area contributed by atoms with E-state index >= 15 is 0 Å². The molecule has 0 bridgehead atoms. The highest BCUT2D eigenvalue weighted by atomic mass is 32.1. The van der Waals surface area contributed by atoms with Gasteiger partial charge in [-0.15, -0.1) is 22.7 Å². The molecule has 3 heterocycles. The van der Waals surface area contributed by atoms with Crippen molar-refractivity contribution in [3.63, 3.8) is 0 Å². The molecule has 0 aliphatic heterocycles. The van der Waals surface area contributed by atoms with E-state index in [1.54, 1.807) is 11.3 Å². The molecule has 10 aromatic rings. The van der Waals surface area contributed by atoms with Gasteiger partial charge in [-0.3, -0.25) is 0 Å². The normalized spacial score (nSPS) is 11.8. The Balaban J connectivity index is 1.30. The van der Waals surface area contributed by atoms with E-state index < -0.39 is 0 Å². The SMILES string of the molecule is [C-]#[N+]c1ccc(-c2cccc3c2sc2ccccc23)c2c1sc1c(-n3c4ccccc4c4ccc(-c5ccccc5)cc43)cccc12. The van der Waals surface area contributed by atoms with Crippen molar-refractivity contribution in [1.82, 2.24) is 4.57 Å². The number of fused-ring (bicyclic) bond motifs is 9. The lowest BCUT2D eigenvalue weighted by Gasteiger charge is -2.11. The molecule has 0 fully saturated rings. The Morgan fingerprint density at radius 3 is 2.11 bits per heavy atom. The van der Waals surface area contributed by atoms with Crippen LogP contribution in [0, 0.1) is 6.57 Å². The van der Waals surface area contributed by atoms with Gasteiger partial charge in [-0.1, -0.05) is 121 Å². The highest BCUT2D eigenvalue weighted by molar-refractivity contribution is 7.27. The van der Waals surface area contributed by atoms with Crippen LogP contribution in [0.1, 0.15) is 0 Å². The van der Waals surface area contributed by atoms with E-state index in [-0.39, 0.29) is 0 Å². The van der Waals surface area contributed by atoms with Crippen molar-refractivity contribution in [3.05, 3.63) is 157 Å². The molecule has 0 saturated carbocycles. The average molecular weight is 633 g/mol. The number of para-hydroxylation sites is 1. The summed E-state index contributed by atoms with van der Waals surface area (Å²) in [6.45, 7) is 8.12. The molecule has 2 nitrogen and oxygen atoms in total. The molecule has 0 saturated heterocycles. The van der Waals surface area contributed by atoms with E-state index in [0.29, 0.717) is 5.69 Å². The molecule has 218 valence electrons. The molecule has 0 aliphatic rings. The summed E-state index contributed by atoms with van der Waals surface area (Å²) in [4.78, 5) is 4.02. The molecule has 0 aliphatic carbocycles. The van der Waals surface area contributed by atoms with Crippen LogP contribution in [-0.2, 0) is 0 Å². The van der Waals surface area contributed by atoms with Crippen LogP contribution in [-0.4, -0.2) is 4.57 Å². The minimum atomic E-state index is 0.702. The summed E-state index contributed by atoms with van der Waals surface area (Å²) >= 11 is 3.60. The van der Waals surface area contributed by atoms with E-state index in [9.17, 15) is 0 Å². The largest absolute Gasteiger partial charge is 0.308 e. The molecular weight excluding hydrogens is 609 g/mol. The summed E-state index contributed by atoms with van der Waals surface area (Å²) in [5.41, 5.74) is 9.00. The van der Waals surface area contributed by atoms with Gasteiger partial charge in [0.1, 0.15) is 0 Å². The van der Waals surface area contributed by atoms with Gasteiger partial charge >= 0.3 is 0 Å². The van der Waals surface area contributed by atoms with Gasteiger partial charge in [0.2, 0.25) is 5.69 Å². The number of rotatable bonds is 3. The minimum absolute atomic E-state index is 0.702. The maximum absolute atomic E-state index is 8.12. The average Bonchev–Trinajstić information content (AvgIpc) is 3.81. The fraction of sp³-hybridized carbons (Fsp3) is 0. The standard InChI is InChI=1S/C43H24N2S2/c1-44-35-24-23-31(33-16-9-15-32-30-14-6-8-20-39(30)46-41(32)33)40-34-17-10-19-37(42(34)47-43(35)40)45-36-18-7-5-13-28(36)29-22-21-27(25-38(29)45)26-11-3-2-4-12-26/h2-25H. The highest BCUT2D eigenvalue weighted by Gasteiger charge is 2.21. The number of nitrogens with zero attached hydrogens (tertiary/aromatic N) is 2. The van der Waals surface area contributed by atoms with Crippen LogP contribution in [0.3, 0.4) is 0 Å². The lowest BCUT2D eigenvalue weighted by molar-refractivity contribution is 1.20. The Bertz CT molecular complexity index is 2920. The molecule has 4 heteroatoms. The third kappa shape index (κ3) is 3.82. The molecule has 0 atom stereocenters. The lowest BCUT2D eigenvalue weighted by Crippen LogP contribution is -1.94. The predicted molar refractivity (Wildman–Crippen MR) is 204 cm³/mol. The predicted octanol–water partition coefficient (Wildman–Crippen LogP) is 13.4. The van der Waals surface area contributed by atoms with Crippen LogP contribution in [0.4, 0.5) is 5.69 Å². The molecule has 0 radical (unpaired) electrons. The molecular formula is C43H24N2S2. The Morgan fingerprint density at radius 1 is 0.468 bits per heavy atom. The van der Waals surface area contributed by atoms with Crippen molar-refractivity contribution in [2.24, 2.45) is 0 Å². The molecule has 7 aromatic carbocycles. The smallest absolute Gasteiger partial charge is 0.204 e. The fourth-order valence-electron chi connectivity index (χ4n) is 7.36. The second-order valence-corrected chi connectivity index (χ2v) is 14.0. The molecule has 0 spiro atoms. The van der Waals surface area contributed by atoms with E-state index in [1.165, 1.54) is 74.3 Å². The van der Waals surface area contributed by atoms with Gasteiger partial charge in [0.25, 0.3) is 0 Å². The molecule has 47 heavy (non-hydrogen) atoms. The van der Waals surface area contributed by atoms with Gasteiger partial charge < -0.3 is 4.57 Å². The molecule has 10 rings (SSSR count). The Morgan fingerprint density at radius 2 is 1.21 bits per heavy atom. The fourth-order valence-corrected chi connectivity index (χ4v) is 9.88. The van der Waals surface area contributed by atoms with Crippen molar-refractivity contribution in [1.29, 1.82) is 0 Å². The summed E-state index contributed by atoms with van der Waals surface area (Å²) in [6, 6.07) is 52.3. The Labute approximate surface area is 278 Å². The van der Waals surface area contributed by atoms with Crippen molar-refractivity contribution < 1.29 is 0 Å². The van der Waals surface area contributed by atoms with Gasteiger partial charge in [0.05, 0.1) is 28.0 Å². The topological polar surface area (TPSA) is 9.29 Å². The number of hydrogen-bond acceptors (Lipinski definition) is 2. The van der Waals surface area contributed by atoms with E-state index in [4.69, 9.17) is 6.57 Å². The van der Waals surface area contributed by atoms with Crippen molar-refractivity contribution in [3.8, 4) is 27.9 Å². The van der Waals surface area contributed by atoms with Crippen LogP contribution < -0.4 is 0 Å². The first-order chi connectivity index (χ1) is 23.3. The number of benzene rings is 7. The molecule has 0 unspecified atom stereocenters. The Kier molecular flexibility index (Phi) is 5.71. The van der Waals surface area contributed by atoms with Crippen LogP contribution >= 0.6 is 22.7 Å². The maximum atomic E-state index is 8.12. The van der Waals surface area contributed by atoms with Gasteiger partial charge in [0, 0.05) is 46.6 Å². The van der Waals surface area contributed by atoms with Crippen LogP contribution in [0.25, 0.3) is 94.9 Å². The van der Waals surface area contributed by atoms with Gasteiger partial charge in [-0.05, 0) is 46.3 Å². The highest BCUT2D eigenvalue weighted by Crippen LogP contribution is 2.49. The first-order valence-corrected chi connectivity index (χ1v) is 17.3. The summed E-state index contributed by atoms with van der Waals surface area (Å²) in [5.74, 6) is 0. The summed E-state index contributed by atoms with van der Waals surface area (Å²) in [5, 5.41) is 7.39. The first-order valence-electron chi connectivity index (χ1n) is 15.6. The third-order valence-corrected chi connectivity index (χ3v) is 11.9. The van der Waals surface area contributed by atoms with E-state index in [1.807, 2.05) is 17.4 Å². The quantitative estimate of drug-likeness (QED) is 0.171. The zero-order valence-electron chi connectivity index (χ0n) is 25.1. The summed E-state index contributed by atoms with van der Waals surface area (Å²) in [6.07, 6.45) is 0. The van der Waals surface area contributed by atoms with Gasteiger partial charge in [-0.25, -0.2) is 4.85 Å². The van der Waals surface area contributed by atoms with Crippen LogP contribution in [0.5, 0.6) is 0 Å². The minimum Gasteiger partial charge on any atom is -0.308 e. The van der Waals surface area contributed by atoms with Crippen LogP contribution in [0.15, 0.2) is 146 Å². The first kappa shape index (κ1) is 26.5. The van der Waals surface area contributed by atoms with E-state index in [2.05, 4.69) is 149 Å². The third-order valence-electron chi connectivity index (χ3n) is 9.44. The van der Waals surface area contributed by atoms with Gasteiger partial charge in [-0.2, -0.15) is 0 Å². The monoisotopic (exact) mass is 632 g/mol. The number of aromatic nitrogens is 1. The van der Waals surface area contributed by atoms with E-state index in [0.717, 1.165) is 15.8 Å². The van der Waals surface area contributed by atoms with Crippen molar-refractivity contribution >= 4 is 90.5 Å². The molecule has 0 N–H and O–H groups in total. The maximum Gasteiger partial charge on any atom is 0.204 e. The molecule has 0 amide bonds. The number of hydrogen-bond donors (Lipinski definition) is 0. The number of thiophene rings is 2. The lowest BCUT2D eigenvalue weighted by atomic mass is 9.97. The van der Waals surface area contributed by atoms with Crippen molar-refractivity contribution in [2.45, 2.75) is 0 Å². The second kappa shape index (κ2) is 10.1. The zero-order chi connectivity index (χ0) is 31.1.